The third-order valence-corrected chi connectivity index (χ3v) is 4.97. The summed E-state index contributed by atoms with van der Waals surface area (Å²) in [5.74, 6) is 0.213. The van der Waals surface area contributed by atoms with Crippen molar-refractivity contribution in [2.45, 2.75) is 25.6 Å². The lowest BCUT2D eigenvalue weighted by molar-refractivity contribution is -0.137. The molecule has 2 heterocycles. The lowest BCUT2D eigenvalue weighted by Gasteiger charge is -2.27. The zero-order valence-electron chi connectivity index (χ0n) is 15.1. The first-order valence-electron chi connectivity index (χ1n) is 8.91. The highest BCUT2D eigenvalue weighted by molar-refractivity contribution is 5.84. The molecule has 1 aliphatic rings. The summed E-state index contributed by atoms with van der Waals surface area (Å²) >= 11 is 0. The third-order valence-electron chi connectivity index (χ3n) is 4.97. The van der Waals surface area contributed by atoms with Gasteiger partial charge in [-0.25, -0.2) is 9.97 Å². The summed E-state index contributed by atoms with van der Waals surface area (Å²) in [5.41, 5.74) is -1.23. The average molecular weight is 394 g/mol. The van der Waals surface area contributed by atoms with Gasteiger partial charge >= 0.3 is 6.18 Å². The molecule has 0 radical (unpaired) electrons. The second-order valence-corrected chi connectivity index (χ2v) is 6.86. The number of nitrogens with zero attached hydrogens (tertiary/aromatic N) is 3. The fraction of sp³-hybridized carbons (Fsp3) is 0.421. The minimum atomic E-state index is -4.43. The maximum atomic E-state index is 12.9. The Labute approximate surface area is 160 Å². The van der Waals surface area contributed by atoms with Crippen LogP contribution in [0.25, 0.3) is 0 Å². The molecular weight excluding hydrogens is 373 g/mol. The van der Waals surface area contributed by atoms with Crippen LogP contribution in [0.1, 0.15) is 24.0 Å². The van der Waals surface area contributed by atoms with Gasteiger partial charge in [-0.2, -0.15) is 13.2 Å². The van der Waals surface area contributed by atoms with Crippen LogP contribution in [0.15, 0.2) is 42.7 Å². The molecule has 0 spiro atoms. The highest BCUT2D eigenvalue weighted by atomic mass is 19.4. The summed E-state index contributed by atoms with van der Waals surface area (Å²) in [6.45, 7) is 0.714. The quantitative estimate of drug-likeness (QED) is 0.787. The number of aromatic nitrogens is 2. The van der Waals surface area contributed by atoms with Crippen LogP contribution in [0, 0.1) is 5.41 Å². The molecule has 2 aromatic rings. The Morgan fingerprint density at radius 1 is 1.25 bits per heavy atom. The molecule has 0 saturated carbocycles. The summed E-state index contributed by atoms with van der Waals surface area (Å²) in [4.78, 5) is 23.1. The first kappa shape index (κ1) is 20.1. The van der Waals surface area contributed by atoms with Crippen molar-refractivity contribution >= 4 is 11.9 Å². The Bertz CT molecular complexity index is 816. The van der Waals surface area contributed by atoms with E-state index < -0.39 is 17.2 Å². The van der Waals surface area contributed by atoms with E-state index in [2.05, 4.69) is 15.3 Å². The number of amides is 1. The Morgan fingerprint density at radius 2 is 2.00 bits per heavy atom. The predicted molar refractivity (Wildman–Crippen MR) is 96.3 cm³/mol. The van der Waals surface area contributed by atoms with Crippen molar-refractivity contribution in [1.82, 2.24) is 15.3 Å². The summed E-state index contributed by atoms with van der Waals surface area (Å²) in [7, 11) is 0. The fourth-order valence-electron chi connectivity index (χ4n) is 3.44. The number of aliphatic hydroxyl groups is 1. The SMILES string of the molecule is O=C(NCc1cccc(C(F)(F)F)c1)[C@@]1(CCO)CCN(c2ncccn2)C1. The Hall–Kier alpha value is -2.68. The lowest BCUT2D eigenvalue weighted by atomic mass is 9.82. The van der Waals surface area contributed by atoms with Gasteiger partial charge in [-0.15, -0.1) is 0 Å². The molecule has 2 N–H and O–H groups in total. The molecule has 0 aliphatic carbocycles. The molecule has 1 atom stereocenters. The number of alkyl halides is 3. The molecule has 150 valence electrons. The van der Waals surface area contributed by atoms with Crippen molar-refractivity contribution in [3.05, 3.63) is 53.9 Å². The highest BCUT2D eigenvalue weighted by Crippen LogP contribution is 2.36. The molecule has 0 bridgehead atoms. The average Bonchev–Trinajstić information content (AvgIpc) is 3.12. The third kappa shape index (κ3) is 4.41. The summed E-state index contributed by atoms with van der Waals surface area (Å²) in [5, 5.41) is 12.2. The summed E-state index contributed by atoms with van der Waals surface area (Å²) in [6.07, 6.45) is -0.449. The number of carbonyl (C=O) groups excluding carboxylic acids is 1. The lowest BCUT2D eigenvalue weighted by Crippen LogP contribution is -2.43. The van der Waals surface area contributed by atoms with E-state index in [9.17, 15) is 23.1 Å². The van der Waals surface area contributed by atoms with Gasteiger partial charge in [0.1, 0.15) is 0 Å². The number of benzene rings is 1. The second-order valence-electron chi connectivity index (χ2n) is 6.86. The molecule has 3 rings (SSSR count). The van der Waals surface area contributed by atoms with Gasteiger partial charge in [0, 0.05) is 38.6 Å². The zero-order chi connectivity index (χ0) is 20.2. The number of carbonyl (C=O) groups is 1. The number of rotatable bonds is 6. The van der Waals surface area contributed by atoms with Crippen LogP contribution in [-0.4, -0.2) is 40.7 Å². The Morgan fingerprint density at radius 3 is 2.68 bits per heavy atom. The van der Waals surface area contributed by atoms with Crippen LogP contribution in [-0.2, 0) is 17.5 Å². The van der Waals surface area contributed by atoms with Crippen LogP contribution in [0.4, 0.5) is 19.1 Å². The molecule has 1 saturated heterocycles. The number of hydrogen-bond acceptors (Lipinski definition) is 5. The van der Waals surface area contributed by atoms with E-state index in [1.54, 1.807) is 18.5 Å². The van der Waals surface area contributed by atoms with Crippen LogP contribution >= 0.6 is 0 Å². The van der Waals surface area contributed by atoms with Gasteiger partial charge < -0.3 is 15.3 Å². The minimum absolute atomic E-state index is 0.0161. The van der Waals surface area contributed by atoms with Gasteiger partial charge in [-0.3, -0.25) is 4.79 Å². The largest absolute Gasteiger partial charge is 0.416 e. The van der Waals surface area contributed by atoms with Gasteiger partial charge in [0.05, 0.1) is 11.0 Å². The van der Waals surface area contributed by atoms with E-state index >= 15 is 0 Å². The molecule has 1 fully saturated rings. The maximum absolute atomic E-state index is 12.9. The summed E-state index contributed by atoms with van der Waals surface area (Å²) < 4.78 is 38.5. The monoisotopic (exact) mass is 394 g/mol. The number of anilines is 1. The van der Waals surface area contributed by atoms with Crippen LogP contribution in [0.3, 0.4) is 0 Å². The molecule has 1 amide bonds. The van der Waals surface area contributed by atoms with E-state index in [-0.39, 0.29) is 25.5 Å². The molecule has 28 heavy (non-hydrogen) atoms. The molecule has 0 unspecified atom stereocenters. The molecule has 9 heteroatoms. The van der Waals surface area contributed by atoms with E-state index in [0.29, 0.717) is 31.0 Å². The Balaban J connectivity index is 1.69. The van der Waals surface area contributed by atoms with Crippen LogP contribution < -0.4 is 10.2 Å². The van der Waals surface area contributed by atoms with Crippen molar-refractivity contribution in [2.24, 2.45) is 5.41 Å². The first-order chi connectivity index (χ1) is 13.3. The van der Waals surface area contributed by atoms with Crippen molar-refractivity contribution < 1.29 is 23.1 Å². The van der Waals surface area contributed by atoms with Crippen molar-refractivity contribution in [1.29, 1.82) is 0 Å². The molecular formula is C19H21F3N4O2. The predicted octanol–water partition coefficient (Wildman–Crippen LogP) is 2.39. The Kier molecular flexibility index (Phi) is 5.83. The number of halogens is 3. The topological polar surface area (TPSA) is 78.4 Å². The van der Waals surface area contributed by atoms with E-state index in [4.69, 9.17) is 0 Å². The van der Waals surface area contributed by atoms with Crippen molar-refractivity contribution in [3.8, 4) is 0 Å². The van der Waals surface area contributed by atoms with Gasteiger partial charge in [-0.1, -0.05) is 12.1 Å². The maximum Gasteiger partial charge on any atom is 0.416 e. The van der Waals surface area contributed by atoms with E-state index in [0.717, 1.165) is 12.1 Å². The van der Waals surface area contributed by atoms with E-state index in [1.807, 2.05) is 4.90 Å². The van der Waals surface area contributed by atoms with Gasteiger partial charge in [0.2, 0.25) is 11.9 Å². The first-order valence-corrected chi connectivity index (χ1v) is 8.91. The van der Waals surface area contributed by atoms with E-state index in [1.165, 1.54) is 12.1 Å². The smallest absolute Gasteiger partial charge is 0.396 e. The van der Waals surface area contributed by atoms with Crippen LogP contribution in [0.5, 0.6) is 0 Å². The van der Waals surface area contributed by atoms with Gasteiger partial charge in [0.15, 0.2) is 0 Å². The molecule has 6 nitrogen and oxygen atoms in total. The normalized spacial score (nSPS) is 19.6. The van der Waals surface area contributed by atoms with Crippen molar-refractivity contribution in [2.75, 3.05) is 24.6 Å². The summed E-state index contributed by atoms with van der Waals surface area (Å²) in [6, 6.07) is 6.57. The number of aliphatic hydroxyl groups excluding tert-OH is 1. The van der Waals surface area contributed by atoms with Gasteiger partial charge in [-0.05, 0) is 36.6 Å². The van der Waals surface area contributed by atoms with Gasteiger partial charge in [0.25, 0.3) is 0 Å². The molecule has 1 aromatic carbocycles. The van der Waals surface area contributed by atoms with Crippen molar-refractivity contribution in [3.63, 3.8) is 0 Å². The van der Waals surface area contributed by atoms with Crippen LogP contribution in [0.2, 0.25) is 0 Å². The molecule has 1 aromatic heterocycles. The number of nitrogens with one attached hydrogen (secondary N) is 1. The minimum Gasteiger partial charge on any atom is -0.396 e. The second kappa shape index (κ2) is 8.14. The number of hydrogen-bond donors (Lipinski definition) is 2. The fourth-order valence-corrected chi connectivity index (χ4v) is 3.44. The zero-order valence-corrected chi connectivity index (χ0v) is 15.1. The highest BCUT2D eigenvalue weighted by Gasteiger charge is 2.44. The molecule has 1 aliphatic heterocycles. The standard InChI is InChI=1S/C19H21F3N4O2/c20-19(21,22)15-4-1-3-14(11-15)12-25-16(28)18(6-10-27)5-9-26(13-18)17-23-7-2-8-24-17/h1-4,7-8,11,27H,5-6,9-10,12-13H2,(H,25,28)/t18-/m1/s1.